The molecule has 3 heterocycles. The van der Waals surface area contributed by atoms with Crippen molar-refractivity contribution in [3.63, 3.8) is 0 Å². The highest BCUT2D eigenvalue weighted by atomic mass is 32.1. The van der Waals surface area contributed by atoms with Gasteiger partial charge in [0.25, 0.3) is 5.56 Å². The Bertz CT molecular complexity index is 1990. The fourth-order valence-corrected chi connectivity index (χ4v) is 5.43. The third-order valence-electron chi connectivity index (χ3n) is 6.74. The predicted octanol–water partition coefficient (Wildman–Crippen LogP) is 6.55. The van der Waals surface area contributed by atoms with Crippen molar-refractivity contribution in [1.82, 2.24) is 24.4 Å². The molecule has 8 nitrogen and oxygen atoms in total. The Kier molecular flexibility index (Phi) is 8.65. The lowest BCUT2D eigenvalue weighted by molar-refractivity contribution is 0.271. The minimum absolute atomic E-state index is 0.217. The standard InChI is InChI=1S/C35H33N5O3S/c1-4-20-42-29-15-10-25(11-16-29)12-19-32-36-35-40(37-32)34(41)31(44-35)21-27-22-39(28-8-6-5-7-9-28)38-33(27)26-13-17-30(18-14-26)43-23-24(2)3/h5-19,21-22,24H,4,20,23H2,1-3H3/b19-12+,31-21-. The molecular weight excluding hydrogens is 570 g/mol. The van der Waals surface area contributed by atoms with E-state index < -0.39 is 0 Å². The van der Waals surface area contributed by atoms with Gasteiger partial charge in [-0.2, -0.15) is 14.6 Å². The summed E-state index contributed by atoms with van der Waals surface area (Å²) in [6, 6.07) is 25.6. The van der Waals surface area contributed by atoms with Gasteiger partial charge in [-0.15, -0.1) is 5.10 Å². The van der Waals surface area contributed by atoms with Gasteiger partial charge in [-0.1, -0.05) is 68.5 Å². The van der Waals surface area contributed by atoms with Crippen LogP contribution in [0.25, 0.3) is 40.1 Å². The van der Waals surface area contributed by atoms with Crippen LogP contribution in [0.5, 0.6) is 11.5 Å². The van der Waals surface area contributed by atoms with E-state index in [1.807, 2.05) is 102 Å². The minimum atomic E-state index is -0.217. The molecule has 0 N–H and O–H groups in total. The molecule has 9 heteroatoms. The topological polar surface area (TPSA) is 83.5 Å². The molecule has 0 amide bonds. The first-order valence-corrected chi connectivity index (χ1v) is 15.5. The van der Waals surface area contributed by atoms with Gasteiger partial charge in [-0.05, 0) is 78.6 Å². The van der Waals surface area contributed by atoms with E-state index >= 15 is 0 Å². The number of aromatic nitrogens is 5. The Morgan fingerprint density at radius 1 is 0.886 bits per heavy atom. The van der Waals surface area contributed by atoms with E-state index in [1.165, 1.54) is 15.9 Å². The predicted molar refractivity (Wildman–Crippen MR) is 176 cm³/mol. The van der Waals surface area contributed by atoms with Crippen LogP contribution in [0.2, 0.25) is 0 Å². The summed E-state index contributed by atoms with van der Waals surface area (Å²) in [6.07, 6.45) is 8.50. The van der Waals surface area contributed by atoms with Crippen molar-refractivity contribution in [2.75, 3.05) is 13.2 Å². The first kappa shape index (κ1) is 29.1. The molecule has 0 aliphatic rings. The average Bonchev–Trinajstić information content (AvgIpc) is 3.73. The first-order chi connectivity index (χ1) is 21.5. The maximum atomic E-state index is 13.4. The van der Waals surface area contributed by atoms with E-state index in [9.17, 15) is 4.79 Å². The molecule has 0 atom stereocenters. The first-order valence-electron chi connectivity index (χ1n) is 14.7. The number of hydrogen-bond donors (Lipinski definition) is 0. The summed E-state index contributed by atoms with van der Waals surface area (Å²) in [4.78, 5) is 18.5. The van der Waals surface area contributed by atoms with Gasteiger partial charge >= 0.3 is 0 Å². The zero-order chi connectivity index (χ0) is 30.5. The molecule has 6 rings (SSSR count). The SMILES string of the molecule is CCCOc1ccc(/C=C/c2nc3s/c(=C\c4cn(-c5ccccc5)nc4-c4ccc(OCC(C)C)cc4)c(=O)n3n2)cc1. The number of para-hydroxylation sites is 1. The molecular formula is C35H33N5O3S. The van der Waals surface area contributed by atoms with Gasteiger partial charge in [0.2, 0.25) is 4.96 Å². The smallest absolute Gasteiger partial charge is 0.291 e. The second-order valence-corrected chi connectivity index (χ2v) is 11.8. The van der Waals surface area contributed by atoms with E-state index in [1.54, 1.807) is 6.08 Å². The number of thiazole rings is 1. The lowest BCUT2D eigenvalue weighted by Crippen LogP contribution is -2.23. The van der Waals surface area contributed by atoms with Crippen LogP contribution >= 0.6 is 11.3 Å². The molecule has 222 valence electrons. The van der Waals surface area contributed by atoms with Crippen LogP contribution in [-0.2, 0) is 0 Å². The van der Waals surface area contributed by atoms with Crippen LogP contribution in [0.3, 0.4) is 0 Å². The molecule has 3 aromatic heterocycles. The molecule has 0 radical (unpaired) electrons. The van der Waals surface area contributed by atoms with Crippen LogP contribution in [0.15, 0.2) is 89.9 Å². The van der Waals surface area contributed by atoms with Crippen molar-refractivity contribution in [2.45, 2.75) is 27.2 Å². The highest BCUT2D eigenvalue weighted by Gasteiger charge is 2.14. The Morgan fingerprint density at radius 3 is 2.32 bits per heavy atom. The van der Waals surface area contributed by atoms with Crippen molar-refractivity contribution in [3.05, 3.63) is 117 Å². The lowest BCUT2D eigenvalue weighted by Gasteiger charge is -2.09. The molecule has 0 bridgehead atoms. The van der Waals surface area contributed by atoms with Crippen LogP contribution in [0.1, 0.15) is 44.1 Å². The van der Waals surface area contributed by atoms with Crippen LogP contribution in [0.4, 0.5) is 0 Å². The number of ether oxygens (including phenoxy) is 2. The van der Waals surface area contributed by atoms with Gasteiger partial charge in [0.15, 0.2) is 5.82 Å². The lowest BCUT2D eigenvalue weighted by atomic mass is 10.1. The molecule has 0 fully saturated rings. The van der Waals surface area contributed by atoms with Gasteiger partial charge in [0.05, 0.1) is 23.4 Å². The normalized spacial score (nSPS) is 12.1. The summed E-state index contributed by atoms with van der Waals surface area (Å²) in [5.74, 6) is 2.57. The Balaban J connectivity index is 1.30. The summed E-state index contributed by atoms with van der Waals surface area (Å²) >= 11 is 1.31. The molecule has 3 aromatic carbocycles. The highest BCUT2D eigenvalue weighted by molar-refractivity contribution is 7.15. The van der Waals surface area contributed by atoms with E-state index in [0.29, 0.717) is 34.4 Å². The zero-order valence-electron chi connectivity index (χ0n) is 24.9. The van der Waals surface area contributed by atoms with E-state index in [0.717, 1.165) is 46.0 Å². The van der Waals surface area contributed by atoms with Gasteiger partial charge in [0, 0.05) is 17.3 Å². The number of benzene rings is 3. The summed E-state index contributed by atoms with van der Waals surface area (Å²) in [5, 5.41) is 9.36. The number of fused-ring (bicyclic) bond motifs is 1. The number of hydrogen-bond acceptors (Lipinski definition) is 7. The number of rotatable bonds is 11. The maximum absolute atomic E-state index is 13.4. The molecule has 0 unspecified atom stereocenters. The average molecular weight is 604 g/mol. The molecule has 0 spiro atoms. The second kappa shape index (κ2) is 13.1. The van der Waals surface area contributed by atoms with Crippen molar-refractivity contribution in [2.24, 2.45) is 5.92 Å². The summed E-state index contributed by atoms with van der Waals surface area (Å²) in [7, 11) is 0. The van der Waals surface area contributed by atoms with Gasteiger partial charge < -0.3 is 9.47 Å². The van der Waals surface area contributed by atoms with Crippen molar-refractivity contribution >= 4 is 34.5 Å². The molecule has 0 saturated carbocycles. The van der Waals surface area contributed by atoms with Gasteiger partial charge in [-0.25, -0.2) is 4.68 Å². The van der Waals surface area contributed by atoms with Crippen molar-refractivity contribution < 1.29 is 9.47 Å². The van der Waals surface area contributed by atoms with Gasteiger partial charge in [-0.3, -0.25) is 4.79 Å². The monoisotopic (exact) mass is 603 g/mol. The third-order valence-corrected chi connectivity index (χ3v) is 7.70. The molecule has 0 aliphatic carbocycles. The van der Waals surface area contributed by atoms with E-state index in [4.69, 9.17) is 14.6 Å². The minimum Gasteiger partial charge on any atom is -0.494 e. The Labute approximate surface area is 259 Å². The molecule has 6 aromatic rings. The highest BCUT2D eigenvalue weighted by Crippen LogP contribution is 2.27. The van der Waals surface area contributed by atoms with Crippen LogP contribution in [-0.4, -0.2) is 37.6 Å². The zero-order valence-corrected chi connectivity index (χ0v) is 25.7. The fourth-order valence-electron chi connectivity index (χ4n) is 4.53. The van der Waals surface area contributed by atoms with Crippen LogP contribution < -0.4 is 19.6 Å². The molecule has 0 aliphatic heterocycles. The van der Waals surface area contributed by atoms with Crippen molar-refractivity contribution in [1.29, 1.82) is 0 Å². The van der Waals surface area contributed by atoms with Crippen molar-refractivity contribution in [3.8, 4) is 28.4 Å². The fraction of sp³-hybridized carbons (Fsp3) is 0.200. The molecule has 0 saturated heterocycles. The maximum Gasteiger partial charge on any atom is 0.291 e. The van der Waals surface area contributed by atoms with Crippen LogP contribution in [0, 0.1) is 5.92 Å². The number of nitrogens with zero attached hydrogens (tertiary/aromatic N) is 5. The Hall–Kier alpha value is -5.02. The molecule has 44 heavy (non-hydrogen) atoms. The third kappa shape index (κ3) is 6.63. The van der Waals surface area contributed by atoms with E-state index in [2.05, 4.69) is 30.9 Å². The summed E-state index contributed by atoms with van der Waals surface area (Å²) in [6.45, 7) is 7.67. The summed E-state index contributed by atoms with van der Waals surface area (Å²) in [5.41, 5.74) is 4.20. The largest absolute Gasteiger partial charge is 0.494 e. The quantitative estimate of drug-likeness (QED) is 0.167. The Morgan fingerprint density at radius 2 is 1.61 bits per heavy atom. The van der Waals surface area contributed by atoms with Gasteiger partial charge in [0.1, 0.15) is 17.2 Å². The van der Waals surface area contributed by atoms with E-state index in [-0.39, 0.29) is 5.56 Å². The second-order valence-electron chi connectivity index (χ2n) is 10.8. The summed E-state index contributed by atoms with van der Waals surface area (Å²) < 4.78 is 15.2.